The number of fused-ring (bicyclic) bond motifs is 1. The van der Waals surface area contributed by atoms with Crippen LogP contribution in [0.15, 0.2) is 72.8 Å². The van der Waals surface area contributed by atoms with E-state index in [9.17, 15) is 14.7 Å². The number of rotatable bonds is 5. The highest BCUT2D eigenvalue weighted by molar-refractivity contribution is 7.21. The van der Waals surface area contributed by atoms with Gasteiger partial charge in [0, 0.05) is 21.2 Å². The summed E-state index contributed by atoms with van der Waals surface area (Å²) in [5.74, 6) is -0.0241. The number of phenols is 1. The summed E-state index contributed by atoms with van der Waals surface area (Å²) < 4.78 is 0.820. The van der Waals surface area contributed by atoms with Gasteiger partial charge >= 0.3 is 0 Å². The first-order valence-electron chi connectivity index (χ1n) is 9.28. The first-order valence-corrected chi connectivity index (χ1v) is 10.5. The molecule has 0 saturated heterocycles. The summed E-state index contributed by atoms with van der Waals surface area (Å²) >= 11 is 7.62. The van der Waals surface area contributed by atoms with Gasteiger partial charge in [-0.15, -0.1) is 11.3 Å². The van der Waals surface area contributed by atoms with Gasteiger partial charge < -0.3 is 5.11 Å². The first kappa shape index (κ1) is 20.1. The molecule has 0 aliphatic heterocycles. The molecule has 0 aliphatic rings. The summed E-state index contributed by atoms with van der Waals surface area (Å²) in [6.45, 7) is 1.50. The maximum absolute atomic E-state index is 13.4. The highest BCUT2D eigenvalue weighted by Gasteiger charge is 2.22. The Morgan fingerprint density at radius 3 is 2.43 bits per heavy atom. The van der Waals surface area contributed by atoms with E-state index in [4.69, 9.17) is 11.6 Å². The van der Waals surface area contributed by atoms with E-state index in [2.05, 4.69) is 0 Å². The number of aromatic hydroxyl groups is 1. The van der Waals surface area contributed by atoms with Crippen LogP contribution in [0, 0.1) is 0 Å². The van der Waals surface area contributed by atoms with Crippen molar-refractivity contribution < 1.29 is 14.7 Å². The fraction of sp³-hybridized carbons (Fsp3) is 0.0400. The molecule has 1 aromatic heterocycles. The van der Waals surface area contributed by atoms with E-state index in [1.54, 1.807) is 42.5 Å². The molecule has 0 saturated carbocycles. The number of ketones is 2. The molecule has 0 atom stereocenters. The molecule has 5 heteroatoms. The molecule has 0 amide bonds. The Hall–Kier alpha value is -3.21. The Balaban J connectivity index is 1.88. The van der Waals surface area contributed by atoms with Crippen LogP contribution >= 0.6 is 22.9 Å². The summed E-state index contributed by atoms with van der Waals surface area (Å²) in [5, 5.41) is 11.2. The largest absolute Gasteiger partial charge is 0.508 e. The molecule has 0 spiro atoms. The van der Waals surface area contributed by atoms with Gasteiger partial charge in [0.15, 0.2) is 5.78 Å². The van der Waals surface area contributed by atoms with Gasteiger partial charge in [-0.3, -0.25) is 9.59 Å². The van der Waals surface area contributed by atoms with Crippen molar-refractivity contribution in [3.05, 3.63) is 93.8 Å². The van der Waals surface area contributed by atoms with Crippen molar-refractivity contribution in [2.24, 2.45) is 0 Å². The fourth-order valence-corrected chi connectivity index (χ4v) is 4.71. The van der Waals surface area contributed by atoms with Crippen molar-refractivity contribution in [3.63, 3.8) is 0 Å². The van der Waals surface area contributed by atoms with Crippen LogP contribution in [-0.4, -0.2) is 16.7 Å². The van der Waals surface area contributed by atoms with E-state index >= 15 is 0 Å². The van der Waals surface area contributed by atoms with Crippen molar-refractivity contribution in [2.45, 2.75) is 6.92 Å². The predicted octanol–water partition coefficient (Wildman–Crippen LogP) is 6.76. The van der Waals surface area contributed by atoms with Crippen LogP contribution in [0.5, 0.6) is 5.75 Å². The minimum atomic E-state index is -0.156. The van der Waals surface area contributed by atoms with Crippen LogP contribution in [0.4, 0.5) is 0 Å². The molecule has 0 radical (unpaired) electrons. The van der Waals surface area contributed by atoms with Crippen molar-refractivity contribution in [1.82, 2.24) is 0 Å². The Bertz CT molecular complexity index is 1300. The second kappa shape index (κ2) is 8.27. The Labute approximate surface area is 182 Å². The molecule has 0 aliphatic carbocycles. The molecule has 3 nitrogen and oxygen atoms in total. The molecule has 1 N–H and O–H groups in total. The monoisotopic (exact) mass is 432 g/mol. The summed E-state index contributed by atoms with van der Waals surface area (Å²) in [5.41, 5.74) is 3.02. The lowest BCUT2D eigenvalue weighted by Crippen LogP contribution is -2.01. The topological polar surface area (TPSA) is 54.4 Å². The standard InChI is InChI=1S/C25H17ClO3S/c1-15(27)6-7-16-8-10-17(11-9-16)23-20-13-12-18(28)14-22(20)30-25(23)24(29)19-4-2-3-5-21(19)26/h2-14,28H,1H3/b7-6+. The molecule has 0 unspecified atom stereocenters. The lowest BCUT2D eigenvalue weighted by molar-refractivity contribution is -0.112. The van der Waals surface area contributed by atoms with E-state index in [-0.39, 0.29) is 17.3 Å². The average Bonchev–Trinajstić information content (AvgIpc) is 3.11. The van der Waals surface area contributed by atoms with Crippen LogP contribution in [-0.2, 0) is 4.79 Å². The third-order valence-electron chi connectivity index (χ3n) is 4.71. The van der Waals surface area contributed by atoms with Gasteiger partial charge in [-0.2, -0.15) is 0 Å². The van der Waals surface area contributed by atoms with Crippen LogP contribution in [0.2, 0.25) is 5.02 Å². The molecule has 148 valence electrons. The predicted molar refractivity (Wildman–Crippen MR) is 124 cm³/mol. The van der Waals surface area contributed by atoms with Gasteiger partial charge in [0.25, 0.3) is 0 Å². The van der Waals surface area contributed by atoms with Crippen LogP contribution in [0.25, 0.3) is 27.3 Å². The highest BCUT2D eigenvalue weighted by atomic mass is 35.5. The maximum atomic E-state index is 13.4. The summed E-state index contributed by atoms with van der Waals surface area (Å²) in [4.78, 5) is 25.1. The fourth-order valence-electron chi connectivity index (χ4n) is 3.27. The zero-order valence-corrected chi connectivity index (χ0v) is 17.6. The third kappa shape index (κ3) is 3.92. The molecule has 0 bridgehead atoms. The van der Waals surface area contributed by atoms with Gasteiger partial charge in [-0.1, -0.05) is 54.1 Å². The summed E-state index contributed by atoms with van der Waals surface area (Å²) in [7, 11) is 0. The highest BCUT2D eigenvalue weighted by Crippen LogP contribution is 2.41. The maximum Gasteiger partial charge on any atom is 0.205 e. The third-order valence-corrected chi connectivity index (χ3v) is 6.19. The number of hydrogen-bond donors (Lipinski definition) is 1. The molecule has 30 heavy (non-hydrogen) atoms. The van der Waals surface area contributed by atoms with E-state index < -0.39 is 0 Å². The van der Waals surface area contributed by atoms with Crippen molar-refractivity contribution in [2.75, 3.05) is 0 Å². The normalized spacial score (nSPS) is 11.3. The second-order valence-electron chi connectivity index (χ2n) is 6.86. The van der Waals surface area contributed by atoms with Gasteiger partial charge in [-0.05, 0) is 54.5 Å². The summed E-state index contributed by atoms with van der Waals surface area (Å²) in [6, 6.07) is 19.8. The number of halogens is 1. The molecule has 1 heterocycles. The number of carbonyl (C=O) groups excluding carboxylic acids is 2. The molecular weight excluding hydrogens is 416 g/mol. The lowest BCUT2D eigenvalue weighted by Gasteiger charge is -2.07. The first-order chi connectivity index (χ1) is 14.4. The molecule has 3 aromatic carbocycles. The van der Waals surface area contributed by atoms with Gasteiger partial charge in [0.1, 0.15) is 5.75 Å². The minimum absolute atomic E-state index is 0.0182. The van der Waals surface area contributed by atoms with Crippen molar-refractivity contribution in [3.8, 4) is 16.9 Å². The lowest BCUT2D eigenvalue weighted by atomic mass is 9.97. The Morgan fingerprint density at radius 2 is 1.73 bits per heavy atom. The number of allylic oxidation sites excluding steroid dienone is 1. The molecular formula is C25H17ClO3S. The molecule has 4 aromatic rings. The smallest absolute Gasteiger partial charge is 0.205 e. The second-order valence-corrected chi connectivity index (χ2v) is 8.32. The quantitative estimate of drug-likeness (QED) is 0.280. The number of hydrogen-bond acceptors (Lipinski definition) is 4. The molecule has 0 fully saturated rings. The van der Waals surface area contributed by atoms with Crippen molar-refractivity contribution >= 4 is 50.7 Å². The van der Waals surface area contributed by atoms with Gasteiger partial charge in [0.2, 0.25) is 5.78 Å². The number of thiophene rings is 1. The number of phenolic OH excluding ortho intramolecular Hbond substituents is 1. The van der Waals surface area contributed by atoms with Crippen LogP contribution in [0.3, 0.4) is 0 Å². The molecule has 4 rings (SSSR count). The van der Waals surface area contributed by atoms with E-state index in [0.29, 0.717) is 15.5 Å². The van der Waals surface area contributed by atoms with Gasteiger partial charge in [-0.25, -0.2) is 0 Å². The number of benzene rings is 3. The van der Waals surface area contributed by atoms with Gasteiger partial charge in [0.05, 0.1) is 9.90 Å². The van der Waals surface area contributed by atoms with Crippen LogP contribution in [0.1, 0.15) is 27.7 Å². The summed E-state index contributed by atoms with van der Waals surface area (Å²) in [6.07, 6.45) is 3.27. The number of carbonyl (C=O) groups is 2. The van der Waals surface area contributed by atoms with E-state index in [1.165, 1.54) is 24.3 Å². The Kier molecular flexibility index (Phi) is 5.53. The van der Waals surface area contributed by atoms with E-state index in [1.807, 2.05) is 30.3 Å². The zero-order chi connectivity index (χ0) is 21.3. The zero-order valence-electron chi connectivity index (χ0n) is 16.1. The van der Waals surface area contributed by atoms with Crippen molar-refractivity contribution in [1.29, 1.82) is 0 Å². The minimum Gasteiger partial charge on any atom is -0.508 e. The van der Waals surface area contributed by atoms with E-state index in [0.717, 1.165) is 26.8 Å². The Morgan fingerprint density at radius 1 is 1.00 bits per heavy atom. The van der Waals surface area contributed by atoms with Crippen LogP contribution < -0.4 is 0 Å². The SMILES string of the molecule is CC(=O)/C=C/c1ccc(-c2c(C(=O)c3ccccc3Cl)sc3cc(O)ccc23)cc1. The average molecular weight is 433 g/mol.